The summed E-state index contributed by atoms with van der Waals surface area (Å²) in [7, 11) is 0. The smallest absolute Gasteiger partial charge is 0.0195 e. The van der Waals surface area contributed by atoms with Crippen molar-refractivity contribution in [3.05, 3.63) is 312 Å². The van der Waals surface area contributed by atoms with E-state index in [1.807, 2.05) is 110 Å². The SMILES string of the molecule is CC(C)c1cc(-c2cc[c-]c(-c3ccccn3)c2)cc(C(C)C)c1.CC(C)c1ccc(-c2[c-]ccc(-c3ccccc3)c2)nc1.Cc1cc(C)cc(-c2cc[c-]c(-c3ccccn3)c2)c1.Cc1cc(CC(C)C)cc(-c2cc[c-]c(-c3ccccn3)c2)c1.[Ir].[Ir].[Ir].[Ir]. The van der Waals surface area contributed by atoms with Crippen molar-refractivity contribution in [3.63, 3.8) is 0 Å². The summed E-state index contributed by atoms with van der Waals surface area (Å²) >= 11 is 0. The average Bonchev–Trinajstić information content (AvgIpc) is 1.21. The van der Waals surface area contributed by atoms with Crippen LogP contribution >= 0.6 is 0 Å². The molecule has 12 rings (SSSR count). The van der Waals surface area contributed by atoms with Gasteiger partial charge in [-0.05, 0) is 136 Å². The number of aryl methyl sites for hydroxylation is 3. The molecule has 8 heteroatoms. The number of nitrogens with zero attached hydrogens (tertiary/aromatic N) is 4. The molecule has 12 aromatic rings. The molecule has 0 N–H and O–H groups in total. The zero-order valence-corrected chi connectivity index (χ0v) is 63.9. The maximum atomic E-state index is 4.57. The molecule has 0 aliphatic rings. The molecule has 4 aromatic heterocycles. The summed E-state index contributed by atoms with van der Waals surface area (Å²) < 4.78 is 0. The van der Waals surface area contributed by atoms with E-state index in [1.54, 1.807) is 0 Å². The number of benzene rings is 8. The maximum Gasteiger partial charge on any atom is 0.0195 e. The molecule has 4 nitrogen and oxygen atoms in total. The van der Waals surface area contributed by atoms with Gasteiger partial charge in [0, 0.05) is 105 Å². The standard InChI is InChI=1S/C23H24N.C22H22N.C20H18N.C19H16N.4Ir/c1-16(2)20-13-21(17(3)4)15-22(14-20)18-8-7-9-19(12-18)23-10-5-6-11-24-23;1-16(2)11-18-12-17(3)13-21(14-18)19-7-6-8-20(15-19)22-9-4-5-10-23-22;1-15(2)19-11-12-20(21-14-19)18-10-6-9-17(13-18)16-7-4-3-5-8-16;1-14-10-15(2)12-18(11-14)16-6-5-7-17(13-16)19-8-3-4-9-20-19;;;;/h5-8,10-17H,1-4H3;4-7,9-10,12-16H,11H2,1-3H3;3-9,11-15H,1-2H3;3-6,8-13H,1-2H3;;;;/q4*-1;;;;. The number of hydrogen-bond donors (Lipinski definition) is 0. The molecule has 0 fully saturated rings. The van der Waals surface area contributed by atoms with E-state index in [-0.39, 0.29) is 80.4 Å². The predicted molar refractivity (Wildman–Crippen MR) is 371 cm³/mol. The normalized spacial score (nSPS) is 10.4. The minimum Gasteiger partial charge on any atom is -0.305 e. The van der Waals surface area contributed by atoms with Gasteiger partial charge in [0.15, 0.2) is 0 Å². The van der Waals surface area contributed by atoms with E-state index < -0.39 is 0 Å². The van der Waals surface area contributed by atoms with Gasteiger partial charge in [-0.15, -0.1) is 142 Å². The summed E-state index contributed by atoms with van der Waals surface area (Å²) in [6, 6.07) is 91.1. The van der Waals surface area contributed by atoms with E-state index in [0.717, 1.165) is 51.5 Å². The van der Waals surface area contributed by atoms with Gasteiger partial charge < -0.3 is 19.9 Å². The Morgan fingerprint density at radius 3 is 1.01 bits per heavy atom. The number of pyridine rings is 4. The minimum absolute atomic E-state index is 0. The van der Waals surface area contributed by atoms with Crippen molar-refractivity contribution in [3.8, 4) is 89.5 Å². The van der Waals surface area contributed by atoms with Crippen LogP contribution in [0.15, 0.2) is 249 Å². The van der Waals surface area contributed by atoms with Gasteiger partial charge in [-0.25, -0.2) is 0 Å². The first kappa shape index (κ1) is 75.7. The van der Waals surface area contributed by atoms with Gasteiger partial charge in [0.25, 0.3) is 0 Å². The monoisotopic (exact) mass is 1920 g/mol. The molecule has 0 unspecified atom stereocenters. The first-order valence-electron chi connectivity index (χ1n) is 30.8. The molecule has 476 valence electrons. The van der Waals surface area contributed by atoms with E-state index in [4.69, 9.17) is 0 Å². The minimum atomic E-state index is 0. The average molecular weight is 1910 g/mol. The summed E-state index contributed by atoms with van der Waals surface area (Å²) in [6.07, 6.45) is 8.53. The van der Waals surface area contributed by atoms with Gasteiger partial charge in [-0.1, -0.05) is 206 Å². The Morgan fingerprint density at radius 2 is 0.652 bits per heavy atom. The quantitative estimate of drug-likeness (QED) is 0.108. The second kappa shape index (κ2) is 37.6. The first-order chi connectivity index (χ1) is 42.6. The van der Waals surface area contributed by atoms with Crippen molar-refractivity contribution >= 4 is 0 Å². The molecule has 0 amide bonds. The van der Waals surface area contributed by atoms with Crippen LogP contribution in [-0.4, -0.2) is 19.9 Å². The summed E-state index contributed by atoms with van der Waals surface area (Å²) in [5.74, 6) is 2.21. The second-order valence-corrected chi connectivity index (χ2v) is 24.0. The van der Waals surface area contributed by atoms with Crippen molar-refractivity contribution in [1.29, 1.82) is 0 Å². The topological polar surface area (TPSA) is 51.6 Å². The van der Waals surface area contributed by atoms with Crippen molar-refractivity contribution < 1.29 is 80.4 Å². The Kier molecular flexibility index (Phi) is 30.9. The fraction of sp³-hybridized carbons (Fsp3) is 0.190. The molecule has 0 saturated heterocycles. The van der Waals surface area contributed by atoms with Gasteiger partial charge >= 0.3 is 0 Å². The first-order valence-corrected chi connectivity index (χ1v) is 30.8. The molecule has 0 saturated carbocycles. The zero-order valence-electron chi connectivity index (χ0n) is 54.3. The molecule has 0 aliphatic carbocycles. The second-order valence-electron chi connectivity index (χ2n) is 24.0. The van der Waals surface area contributed by atoms with E-state index >= 15 is 0 Å². The van der Waals surface area contributed by atoms with Crippen LogP contribution in [0.3, 0.4) is 0 Å². The molecule has 0 bridgehead atoms. The van der Waals surface area contributed by atoms with Crippen LogP contribution in [0.2, 0.25) is 0 Å². The molecule has 4 radical (unpaired) electrons. The van der Waals surface area contributed by atoms with E-state index in [9.17, 15) is 0 Å². The fourth-order valence-corrected chi connectivity index (χ4v) is 10.5. The molecule has 92 heavy (non-hydrogen) atoms. The van der Waals surface area contributed by atoms with Gasteiger partial charge in [0.05, 0.1) is 0 Å². The maximum absolute atomic E-state index is 4.57. The van der Waals surface area contributed by atoms with E-state index in [1.165, 1.54) is 83.5 Å². The number of aromatic nitrogens is 4. The van der Waals surface area contributed by atoms with Crippen molar-refractivity contribution in [2.24, 2.45) is 5.92 Å². The van der Waals surface area contributed by atoms with Crippen LogP contribution in [0.4, 0.5) is 0 Å². The van der Waals surface area contributed by atoms with Crippen molar-refractivity contribution in [2.75, 3.05) is 0 Å². The van der Waals surface area contributed by atoms with Crippen LogP contribution in [-0.2, 0) is 86.8 Å². The molecule has 0 atom stereocenters. The molecule has 0 aliphatic heterocycles. The van der Waals surface area contributed by atoms with E-state index in [2.05, 4.69) is 260 Å². The Labute approximate surface area is 603 Å². The third-order valence-electron chi connectivity index (χ3n) is 15.2. The Hall–Kier alpha value is -7.04. The zero-order chi connectivity index (χ0) is 61.9. The van der Waals surface area contributed by atoms with Gasteiger partial charge in [-0.3, -0.25) is 0 Å². The Balaban J connectivity index is 0.000000220. The predicted octanol–water partition coefficient (Wildman–Crippen LogP) is 22.3. The van der Waals surface area contributed by atoms with Crippen LogP contribution in [0, 0.1) is 51.0 Å². The molecular formula is C84H80Ir4N4-4. The van der Waals surface area contributed by atoms with E-state index in [0.29, 0.717) is 23.7 Å². The molecule has 4 heterocycles. The summed E-state index contributed by atoms with van der Waals surface area (Å²) in [5.41, 5.74) is 27.2. The molecular weight excluding hydrogens is 1830 g/mol. The summed E-state index contributed by atoms with van der Waals surface area (Å²) in [6.45, 7) is 24.3. The Morgan fingerprint density at radius 1 is 0.293 bits per heavy atom. The van der Waals surface area contributed by atoms with Gasteiger partial charge in [0.1, 0.15) is 0 Å². The Bertz CT molecular complexity index is 4110. The van der Waals surface area contributed by atoms with Crippen LogP contribution in [0.1, 0.15) is 112 Å². The molecule has 8 aromatic carbocycles. The van der Waals surface area contributed by atoms with Crippen molar-refractivity contribution in [2.45, 2.75) is 100 Å². The fourth-order valence-electron chi connectivity index (χ4n) is 10.5. The van der Waals surface area contributed by atoms with Crippen molar-refractivity contribution in [1.82, 2.24) is 19.9 Å². The van der Waals surface area contributed by atoms with Crippen LogP contribution in [0.25, 0.3) is 89.5 Å². The number of rotatable bonds is 13. The summed E-state index contributed by atoms with van der Waals surface area (Å²) in [4.78, 5) is 17.8. The third kappa shape index (κ3) is 22.1. The third-order valence-corrected chi connectivity index (χ3v) is 15.2. The van der Waals surface area contributed by atoms with Gasteiger partial charge in [0.2, 0.25) is 0 Å². The number of hydrogen-bond acceptors (Lipinski definition) is 4. The van der Waals surface area contributed by atoms with Crippen LogP contribution < -0.4 is 0 Å². The van der Waals surface area contributed by atoms with Gasteiger partial charge in [-0.2, -0.15) is 0 Å². The largest absolute Gasteiger partial charge is 0.305 e. The van der Waals surface area contributed by atoms with Crippen LogP contribution in [0.5, 0.6) is 0 Å². The summed E-state index contributed by atoms with van der Waals surface area (Å²) in [5, 5.41) is 0. The molecule has 0 spiro atoms.